The van der Waals surface area contributed by atoms with E-state index in [2.05, 4.69) is 10.3 Å². The second-order valence-electron chi connectivity index (χ2n) is 6.24. The molecule has 4 aromatic rings. The zero-order valence-corrected chi connectivity index (χ0v) is 16.5. The van der Waals surface area contributed by atoms with Crippen LogP contribution >= 0.6 is 11.6 Å². The molecule has 6 nitrogen and oxygen atoms in total. The second-order valence-corrected chi connectivity index (χ2v) is 6.64. The molecule has 3 aromatic carbocycles. The van der Waals surface area contributed by atoms with Gasteiger partial charge in [-0.3, -0.25) is 4.79 Å². The normalized spacial score (nSPS) is 10.7. The van der Waals surface area contributed by atoms with E-state index in [0.717, 1.165) is 5.56 Å². The SMILES string of the molecule is COc1ccc2oc(-c3cccc(NC(=O)c4ccc(OC)c(Cl)c4)c3)nc2c1. The first-order chi connectivity index (χ1) is 14.1. The number of methoxy groups -OCH3 is 2. The lowest BCUT2D eigenvalue weighted by Gasteiger charge is -2.08. The molecule has 0 aliphatic heterocycles. The molecule has 0 spiro atoms. The van der Waals surface area contributed by atoms with Gasteiger partial charge in [-0.25, -0.2) is 4.98 Å². The monoisotopic (exact) mass is 408 g/mol. The number of fused-ring (bicyclic) bond motifs is 1. The molecule has 0 bridgehead atoms. The van der Waals surface area contributed by atoms with Gasteiger partial charge >= 0.3 is 0 Å². The van der Waals surface area contributed by atoms with Crippen molar-refractivity contribution in [3.8, 4) is 23.0 Å². The zero-order valence-electron chi connectivity index (χ0n) is 15.7. The number of hydrogen-bond acceptors (Lipinski definition) is 5. The van der Waals surface area contributed by atoms with E-state index >= 15 is 0 Å². The molecule has 0 saturated heterocycles. The highest BCUT2D eigenvalue weighted by atomic mass is 35.5. The van der Waals surface area contributed by atoms with Gasteiger partial charge in [0.1, 0.15) is 17.0 Å². The summed E-state index contributed by atoms with van der Waals surface area (Å²) in [5.41, 5.74) is 3.13. The van der Waals surface area contributed by atoms with Gasteiger partial charge < -0.3 is 19.2 Å². The Morgan fingerprint density at radius 3 is 2.66 bits per heavy atom. The third-order valence-electron chi connectivity index (χ3n) is 4.38. The molecule has 0 aliphatic carbocycles. The summed E-state index contributed by atoms with van der Waals surface area (Å²) in [6.07, 6.45) is 0. The molecule has 0 aliphatic rings. The maximum absolute atomic E-state index is 12.6. The van der Waals surface area contributed by atoms with Gasteiger partial charge in [0.05, 0.1) is 19.2 Å². The molecule has 0 radical (unpaired) electrons. The Bertz CT molecular complexity index is 1200. The highest BCUT2D eigenvalue weighted by Crippen LogP contribution is 2.29. The zero-order chi connectivity index (χ0) is 20.4. The first kappa shape index (κ1) is 18.8. The number of hydrogen-bond donors (Lipinski definition) is 1. The molecule has 0 saturated carbocycles. The number of ether oxygens (including phenoxy) is 2. The van der Waals surface area contributed by atoms with Crippen molar-refractivity contribution in [2.45, 2.75) is 0 Å². The summed E-state index contributed by atoms with van der Waals surface area (Å²) in [6.45, 7) is 0. The van der Waals surface area contributed by atoms with E-state index in [1.54, 1.807) is 43.5 Å². The lowest BCUT2D eigenvalue weighted by Crippen LogP contribution is -2.11. The van der Waals surface area contributed by atoms with Crippen molar-refractivity contribution >= 4 is 34.3 Å². The van der Waals surface area contributed by atoms with Crippen LogP contribution in [0.15, 0.2) is 65.1 Å². The third-order valence-corrected chi connectivity index (χ3v) is 4.67. The molecule has 146 valence electrons. The van der Waals surface area contributed by atoms with Crippen LogP contribution in [0, 0.1) is 0 Å². The number of nitrogens with zero attached hydrogens (tertiary/aromatic N) is 1. The number of oxazole rings is 1. The largest absolute Gasteiger partial charge is 0.497 e. The molecule has 29 heavy (non-hydrogen) atoms. The molecule has 0 atom stereocenters. The third kappa shape index (κ3) is 3.88. The van der Waals surface area contributed by atoms with E-state index < -0.39 is 0 Å². The van der Waals surface area contributed by atoms with Gasteiger partial charge in [-0.1, -0.05) is 17.7 Å². The van der Waals surface area contributed by atoms with Crippen LogP contribution in [0.1, 0.15) is 10.4 Å². The fourth-order valence-corrected chi connectivity index (χ4v) is 3.16. The van der Waals surface area contributed by atoms with E-state index in [1.165, 1.54) is 7.11 Å². The van der Waals surface area contributed by atoms with Crippen LogP contribution in [0.2, 0.25) is 5.02 Å². The number of benzene rings is 3. The summed E-state index contributed by atoms with van der Waals surface area (Å²) < 4.78 is 16.2. The van der Waals surface area contributed by atoms with E-state index in [1.807, 2.05) is 24.3 Å². The predicted octanol–water partition coefficient (Wildman–Crippen LogP) is 5.42. The minimum Gasteiger partial charge on any atom is -0.497 e. The Morgan fingerprint density at radius 1 is 1.03 bits per heavy atom. The number of aromatic nitrogens is 1. The maximum Gasteiger partial charge on any atom is 0.255 e. The first-order valence-corrected chi connectivity index (χ1v) is 9.15. The van der Waals surface area contributed by atoms with Crippen LogP contribution < -0.4 is 14.8 Å². The van der Waals surface area contributed by atoms with Crippen LogP contribution in [0.25, 0.3) is 22.6 Å². The van der Waals surface area contributed by atoms with Crippen molar-refractivity contribution in [2.24, 2.45) is 0 Å². The molecule has 4 rings (SSSR count). The Kier molecular flexibility index (Phi) is 5.10. The van der Waals surface area contributed by atoms with Gasteiger partial charge in [0.15, 0.2) is 5.58 Å². The predicted molar refractivity (Wildman–Crippen MR) is 112 cm³/mol. The minimum atomic E-state index is -0.283. The van der Waals surface area contributed by atoms with Gasteiger partial charge in [0, 0.05) is 22.9 Å². The Morgan fingerprint density at radius 2 is 1.90 bits per heavy atom. The summed E-state index contributed by atoms with van der Waals surface area (Å²) in [7, 11) is 3.12. The molecular formula is C22H17ClN2O4. The topological polar surface area (TPSA) is 73.6 Å². The fraction of sp³-hybridized carbons (Fsp3) is 0.0909. The van der Waals surface area contributed by atoms with Crippen molar-refractivity contribution in [1.29, 1.82) is 0 Å². The number of halogens is 1. The summed E-state index contributed by atoms with van der Waals surface area (Å²) in [5, 5.41) is 3.23. The molecule has 0 unspecified atom stereocenters. The van der Waals surface area contributed by atoms with Crippen molar-refractivity contribution in [1.82, 2.24) is 4.98 Å². The highest BCUT2D eigenvalue weighted by Gasteiger charge is 2.12. The average molecular weight is 409 g/mol. The van der Waals surface area contributed by atoms with Crippen LogP contribution in [0.5, 0.6) is 11.5 Å². The van der Waals surface area contributed by atoms with Gasteiger partial charge in [0.2, 0.25) is 5.89 Å². The van der Waals surface area contributed by atoms with Crippen LogP contribution in [0.4, 0.5) is 5.69 Å². The maximum atomic E-state index is 12.6. The number of carbonyl (C=O) groups excluding carboxylic acids is 1. The van der Waals surface area contributed by atoms with Crippen LogP contribution in [-0.4, -0.2) is 25.1 Å². The lowest BCUT2D eigenvalue weighted by atomic mass is 10.1. The van der Waals surface area contributed by atoms with E-state index in [0.29, 0.717) is 44.8 Å². The second kappa shape index (κ2) is 7.85. The van der Waals surface area contributed by atoms with Gasteiger partial charge in [-0.2, -0.15) is 0 Å². The lowest BCUT2D eigenvalue weighted by molar-refractivity contribution is 0.102. The smallest absolute Gasteiger partial charge is 0.255 e. The number of rotatable bonds is 5. The number of nitrogens with one attached hydrogen (secondary N) is 1. The average Bonchev–Trinajstić information content (AvgIpc) is 3.17. The number of carbonyl (C=O) groups is 1. The number of anilines is 1. The van der Waals surface area contributed by atoms with Gasteiger partial charge in [0.25, 0.3) is 5.91 Å². The van der Waals surface area contributed by atoms with Crippen LogP contribution in [0.3, 0.4) is 0 Å². The van der Waals surface area contributed by atoms with Crippen molar-refractivity contribution in [2.75, 3.05) is 19.5 Å². The standard InChI is InChI=1S/C22H17ClN2O4/c1-27-16-7-9-20-18(12-16)25-22(29-20)14-4-3-5-15(10-14)24-21(26)13-6-8-19(28-2)17(23)11-13/h3-12H,1-2H3,(H,24,26). The summed E-state index contributed by atoms with van der Waals surface area (Å²) in [6, 6.07) is 17.6. The summed E-state index contributed by atoms with van der Waals surface area (Å²) in [4.78, 5) is 17.1. The van der Waals surface area contributed by atoms with E-state index in [-0.39, 0.29) is 5.91 Å². The molecule has 1 N–H and O–H groups in total. The molecule has 7 heteroatoms. The van der Waals surface area contributed by atoms with E-state index in [9.17, 15) is 4.79 Å². The highest BCUT2D eigenvalue weighted by molar-refractivity contribution is 6.32. The Labute approximate surface area is 172 Å². The fourth-order valence-electron chi connectivity index (χ4n) is 2.90. The van der Waals surface area contributed by atoms with Crippen molar-refractivity contribution in [3.63, 3.8) is 0 Å². The minimum absolute atomic E-state index is 0.283. The van der Waals surface area contributed by atoms with E-state index in [4.69, 9.17) is 25.5 Å². The quantitative estimate of drug-likeness (QED) is 0.477. The van der Waals surface area contributed by atoms with Crippen molar-refractivity contribution < 1.29 is 18.7 Å². The van der Waals surface area contributed by atoms with Gasteiger partial charge in [-0.15, -0.1) is 0 Å². The molecular weight excluding hydrogens is 392 g/mol. The summed E-state index contributed by atoms with van der Waals surface area (Å²) >= 11 is 6.11. The van der Waals surface area contributed by atoms with Crippen LogP contribution in [-0.2, 0) is 0 Å². The Balaban J connectivity index is 1.59. The molecule has 1 aromatic heterocycles. The Hall–Kier alpha value is -3.51. The molecule has 1 amide bonds. The first-order valence-electron chi connectivity index (χ1n) is 8.77. The van der Waals surface area contributed by atoms with Gasteiger partial charge in [-0.05, 0) is 48.5 Å². The summed E-state index contributed by atoms with van der Waals surface area (Å²) in [5.74, 6) is 1.39. The number of amides is 1. The molecule has 1 heterocycles. The van der Waals surface area contributed by atoms with Crippen molar-refractivity contribution in [3.05, 3.63) is 71.2 Å². The molecule has 0 fully saturated rings.